The molecule has 0 aromatic heterocycles. The van der Waals surface area contributed by atoms with Crippen LogP contribution in [0.2, 0.25) is 0 Å². The van der Waals surface area contributed by atoms with Crippen molar-refractivity contribution in [2.45, 2.75) is 25.9 Å². The summed E-state index contributed by atoms with van der Waals surface area (Å²) in [5.41, 5.74) is 2.21. The number of hydrogen-bond acceptors (Lipinski definition) is 2. The van der Waals surface area contributed by atoms with Crippen LogP contribution in [-0.4, -0.2) is 22.3 Å². The van der Waals surface area contributed by atoms with Gasteiger partial charge in [-0.25, -0.2) is 4.79 Å². The van der Waals surface area contributed by atoms with E-state index < -0.39 is 12.1 Å². The van der Waals surface area contributed by atoms with Gasteiger partial charge >= 0.3 is 5.97 Å². The highest BCUT2D eigenvalue weighted by Gasteiger charge is 2.12. The normalized spacial score (nSPS) is 12.4. The number of hydrogen-bond donors (Lipinski definition) is 2. The number of rotatable bonds is 4. The van der Waals surface area contributed by atoms with E-state index in [4.69, 9.17) is 10.2 Å². The van der Waals surface area contributed by atoms with E-state index in [1.807, 2.05) is 31.2 Å². The summed E-state index contributed by atoms with van der Waals surface area (Å²) in [6.07, 6.45) is -0.399. The Kier molecular flexibility index (Phi) is 3.65. The van der Waals surface area contributed by atoms with E-state index in [0.29, 0.717) is 6.42 Å². The van der Waals surface area contributed by atoms with Crippen LogP contribution in [0.25, 0.3) is 0 Å². The second kappa shape index (κ2) is 4.77. The first kappa shape index (κ1) is 10.7. The SMILES string of the molecule is Cc1cccc(CCC(O)C(=O)O)c1. The molecule has 1 rings (SSSR count). The lowest BCUT2D eigenvalue weighted by molar-refractivity contribution is -0.146. The molecule has 0 saturated heterocycles. The third kappa shape index (κ3) is 3.18. The molecule has 0 saturated carbocycles. The standard InChI is InChI=1S/C11H14O3/c1-8-3-2-4-9(7-8)5-6-10(12)11(13)14/h2-4,7,10,12H,5-6H2,1H3,(H,13,14). The molecule has 0 aliphatic rings. The zero-order chi connectivity index (χ0) is 10.6. The van der Waals surface area contributed by atoms with Crippen molar-refractivity contribution < 1.29 is 15.0 Å². The molecule has 3 heteroatoms. The summed E-state index contributed by atoms with van der Waals surface area (Å²) in [6.45, 7) is 1.98. The van der Waals surface area contributed by atoms with E-state index >= 15 is 0 Å². The van der Waals surface area contributed by atoms with Gasteiger partial charge in [0.2, 0.25) is 0 Å². The van der Waals surface area contributed by atoms with Crippen molar-refractivity contribution in [2.24, 2.45) is 0 Å². The Bertz CT molecular complexity index is 320. The fourth-order valence-electron chi connectivity index (χ4n) is 1.29. The maximum Gasteiger partial charge on any atom is 0.332 e. The first-order chi connectivity index (χ1) is 6.59. The molecule has 3 nitrogen and oxygen atoms in total. The number of carboxylic acids is 1. The highest BCUT2D eigenvalue weighted by atomic mass is 16.4. The van der Waals surface area contributed by atoms with E-state index in [1.165, 1.54) is 0 Å². The molecule has 76 valence electrons. The van der Waals surface area contributed by atoms with E-state index in [2.05, 4.69) is 0 Å². The molecule has 0 spiro atoms. The Morgan fingerprint density at radius 3 is 2.79 bits per heavy atom. The molecule has 0 radical (unpaired) electrons. The highest BCUT2D eigenvalue weighted by Crippen LogP contribution is 2.08. The van der Waals surface area contributed by atoms with Crippen molar-refractivity contribution in [3.63, 3.8) is 0 Å². The molecular weight excluding hydrogens is 180 g/mol. The maximum absolute atomic E-state index is 10.3. The van der Waals surface area contributed by atoms with Gasteiger partial charge in [0.15, 0.2) is 6.10 Å². The molecule has 0 heterocycles. The number of aliphatic carboxylic acids is 1. The third-order valence-electron chi connectivity index (χ3n) is 2.07. The average Bonchev–Trinajstić information content (AvgIpc) is 2.14. The number of carboxylic acid groups (broad SMARTS) is 1. The van der Waals surface area contributed by atoms with Crippen LogP contribution in [0, 0.1) is 6.92 Å². The number of aliphatic hydroxyl groups is 1. The van der Waals surface area contributed by atoms with Crippen LogP contribution in [0.5, 0.6) is 0 Å². The van der Waals surface area contributed by atoms with Gasteiger partial charge in [-0.1, -0.05) is 29.8 Å². The zero-order valence-electron chi connectivity index (χ0n) is 8.10. The van der Waals surface area contributed by atoms with Gasteiger partial charge in [0.25, 0.3) is 0 Å². The van der Waals surface area contributed by atoms with Crippen LogP contribution < -0.4 is 0 Å². The summed E-state index contributed by atoms with van der Waals surface area (Å²) in [5, 5.41) is 17.5. The molecule has 0 amide bonds. The second-order valence-corrected chi connectivity index (χ2v) is 3.38. The summed E-state index contributed by atoms with van der Waals surface area (Å²) in [6, 6.07) is 7.84. The van der Waals surface area contributed by atoms with Crippen molar-refractivity contribution in [3.05, 3.63) is 35.4 Å². The van der Waals surface area contributed by atoms with Gasteiger partial charge in [-0.05, 0) is 25.3 Å². The molecule has 1 unspecified atom stereocenters. The Morgan fingerprint density at radius 1 is 1.50 bits per heavy atom. The number of carbonyl (C=O) groups is 1. The topological polar surface area (TPSA) is 57.5 Å². The zero-order valence-corrected chi connectivity index (χ0v) is 8.10. The molecule has 1 aromatic carbocycles. The smallest absolute Gasteiger partial charge is 0.332 e. The molecule has 0 fully saturated rings. The number of benzene rings is 1. The van der Waals surface area contributed by atoms with Crippen molar-refractivity contribution >= 4 is 5.97 Å². The first-order valence-corrected chi connectivity index (χ1v) is 4.56. The highest BCUT2D eigenvalue weighted by molar-refractivity contribution is 5.71. The van der Waals surface area contributed by atoms with Crippen molar-refractivity contribution in [2.75, 3.05) is 0 Å². The predicted octanol–water partition coefficient (Wildman–Crippen LogP) is 1.37. The third-order valence-corrected chi connectivity index (χ3v) is 2.07. The fourth-order valence-corrected chi connectivity index (χ4v) is 1.29. The lowest BCUT2D eigenvalue weighted by atomic mass is 10.0. The predicted molar refractivity (Wildman–Crippen MR) is 53.1 cm³/mol. The molecule has 2 N–H and O–H groups in total. The lowest BCUT2D eigenvalue weighted by Gasteiger charge is -2.05. The minimum absolute atomic E-state index is 0.263. The summed E-state index contributed by atoms with van der Waals surface area (Å²) >= 11 is 0. The van der Waals surface area contributed by atoms with Crippen LogP contribution in [-0.2, 0) is 11.2 Å². The molecule has 0 aliphatic carbocycles. The summed E-state index contributed by atoms with van der Waals surface area (Å²) in [7, 11) is 0. The van der Waals surface area contributed by atoms with E-state index in [0.717, 1.165) is 11.1 Å². The van der Waals surface area contributed by atoms with Crippen LogP contribution in [0.15, 0.2) is 24.3 Å². The van der Waals surface area contributed by atoms with Crippen LogP contribution in [0.3, 0.4) is 0 Å². The fraction of sp³-hybridized carbons (Fsp3) is 0.364. The van der Waals surface area contributed by atoms with E-state index in [9.17, 15) is 4.79 Å². The molecule has 14 heavy (non-hydrogen) atoms. The van der Waals surface area contributed by atoms with Crippen molar-refractivity contribution in [1.29, 1.82) is 0 Å². The number of aryl methyl sites for hydroxylation is 2. The minimum atomic E-state index is -1.25. The Morgan fingerprint density at radius 2 is 2.21 bits per heavy atom. The van der Waals surface area contributed by atoms with Gasteiger partial charge in [0.05, 0.1) is 0 Å². The summed E-state index contributed by atoms with van der Waals surface area (Å²) in [5.74, 6) is -1.15. The monoisotopic (exact) mass is 194 g/mol. The van der Waals surface area contributed by atoms with Gasteiger partial charge in [-0.2, -0.15) is 0 Å². The Hall–Kier alpha value is -1.35. The number of aliphatic hydroxyl groups excluding tert-OH is 1. The quantitative estimate of drug-likeness (QED) is 0.761. The van der Waals surface area contributed by atoms with Gasteiger partial charge in [0.1, 0.15) is 0 Å². The lowest BCUT2D eigenvalue weighted by Crippen LogP contribution is -2.19. The van der Waals surface area contributed by atoms with Crippen molar-refractivity contribution in [3.8, 4) is 0 Å². The first-order valence-electron chi connectivity index (χ1n) is 4.56. The van der Waals surface area contributed by atoms with Crippen LogP contribution in [0.1, 0.15) is 17.5 Å². The van der Waals surface area contributed by atoms with Crippen LogP contribution in [0.4, 0.5) is 0 Å². The Labute approximate surface area is 83.0 Å². The maximum atomic E-state index is 10.3. The van der Waals surface area contributed by atoms with Gasteiger partial charge in [-0.3, -0.25) is 0 Å². The van der Waals surface area contributed by atoms with Crippen LogP contribution >= 0.6 is 0 Å². The van der Waals surface area contributed by atoms with Gasteiger partial charge in [0, 0.05) is 0 Å². The summed E-state index contributed by atoms with van der Waals surface area (Å²) < 4.78 is 0. The van der Waals surface area contributed by atoms with Gasteiger partial charge in [-0.15, -0.1) is 0 Å². The molecule has 1 aromatic rings. The second-order valence-electron chi connectivity index (χ2n) is 3.38. The average molecular weight is 194 g/mol. The Balaban J connectivity index is 2.49. The van der Waals surface area contributed by atoms with Gasteiger partial charge < -0.3 is 10.2 Å². The molecule has 1 atom stereocenters. The van der Waals surface area contributed by atoms with E-state index in [-0.39, 0.29) is 6.42 Å². The van der Waals surface area contributed by atoms with Crippen molar-refractivity contribution in [1.82, 2.24) is 0 Å². The largest absolute Gasteiger partial charge is 0.479 e. The summed E-state index contributed by atoms with van der Waals surface area (Å²) in [4.78, 5) is 10.3. The molecular formula is C11H14O3. The minimum Gasteiger partial charge on any atom is -0.479 e. The van der Waals surface area contributed by atoms with E-state index in [1.54, 1.807) is 0 Å². The molecule has 0 bridgehead atoms. The molecule has 0 aliphatic heterocycles.